The number of rotatable bonds is 6. The number of carboxylic acid groups (broad SMARTS) is 1. The summed E-state index contributed by atoms with van der Waals surface area (Å²) >= 11 is 0. The molecular weight excluding hydrogens is 294 g/mol. The van der Waals surface area contributed by atoms with Gasteiger partial charge in [0, 0.05) is 6.54 Å². The highest BCUT2D eigenvalue weighted by Gasteiger charge is 2.30. The highest BCUT2D eigenvalue weighted by molar-refractivity contribution is 7.89. The van der Waals surface area contributed by atoms with Gasteiger partial charge in [0.15, 0.2) is 0 Å². The molecule has 1 aliphatic rings. The van der Waals surface area contributed by atoms with Crippen molar-refractivity contribution in [3.8, 4) is 0 Å². The first-order valence-electron chi connectivity index (χ1n) is 6.84. The van der Waals surface area contributed by atoms with E-state index in [1.54, 1.807) is 0 Å². The van der Waals surface area contributed by atoms with Gasteiger partial charge in [-0.25, -0.2) is 17.9 Å². The second-order valence-corrected chi connectivity index (χ2v) is 6.83. The molecule has 0 atom stereocenters. The second kappa shape index (κ2) is 6.03. The fourth-order valence-corrected chi connectivity index (χ4v) is 4.05. The summed E-state index contributed by atoms with van der Waals surface area (Å²) in [6, 6.07) is 0. The van der Waals surface area contributed by atoms with Crippen molar-refractivity contribution >= 4 is 16.0 Å². The molecule has 0 radical (unpaired) electrons. The molecule has 0 saturated carbocycles. The molecule has 2 N–H and O–H groups in total. The lowest BCUT2D eigenvalue weighted by molar-refractivity contribution is 0.0691. The summed E-state index contributed by atoms with van der Waals surface area (Å²) in [5.41, 5.74) is 0.955. The van der Waals surface area contributed by atoms with Crippen LogP contribution in [-0.4, -0.2) is 26.0 Å². The molecule has 1 aliphatic carbocycles. The van der Waals surface area contributed by atoms with E-state index in [1.165, 1.54) is 19.4 Å². The van der Waals surface area contributed by atoms with Crippen molar-refractivity contribution in [3.63, 3.8) is 0 Å². The third-order valence-corrected chi connectivity index (χ3v) is 5.17. The number of nitrogens with one attached hydrogen (secondary N) is 1. The summed E-state index contributed by atoms with van der Waals surface area (Å²) < 4.78 is 32.2. The first-order valence-corrected chi connectivity index (χ1v) is 8.32. The van der Waals surface area contributed by atoms with Crippen molar-refractivity contribution in [2.45, 2.75) is 44.4 Å². The second-order valence-electron chi connectivity index (χ2n) is 5.13. The summed E-state index contributed by atoms with van der Waals surface area (Å²) in [5.74, 6) is -1.11. The van der Waals surface area contributed by atoms with Crippen molar-refractivity contribution in [1.29, 1.82) is 0 Å². The minimum Gasteiger partial charge on any atom is -0.478 e. The van der Waals surface area contributed by atoms with Gasteiger partial charge in [-0.2, -0.15) is 0 Å². The molecule has 0 bridgehead atoms. The van der Waals surface area contributed by atoms with Gasteiger partial charge < -0.3 is 9.52 Å². The van der Waals surface area contributed by atoms with Crippen LogP contribution in [0, 0.1) is 13.8 Å². The van der Waals surface area contributed by atoms with Crippen LogP contribution >= 0.6 is 0 Å². The molecule has 0 saturated heterocycles. The van der Waals surface area contributed by atoms with Crippen molar-refractivity contribution in [1.82, 2.24) is 4.72 Å². The summed E-state index contributed by atoms with van der Waals surface area (Å²) in [6.07, 6.45) is 5.95. The maximum absolute atomic E-state index is 12.3. The van der Waals surface area contributed by atoms with Crippen LogP contribution in [0.1, 0.15) is 47.6 Å². The topological polar surface area (TPSA) is 96.6 Å². The maximum Gasteiger partial charge on any atom is 0.340 e. The van der Waals surface area contributed by atoms with Crippen LogP contribution in [0.15, 0.2) is 21.0 Å². The molecule has 1 aromatic heterocycles. The van der Waals surface area contributed by atoms with Crippen LogP contribution in [-0.2, 0) is 10.0 Å². The number of allylic oxidation sites excluding steroid dienone is 1. The summed E-state index contributed by atoms with van der Waals surface area (Å²) in [7, 11) is -3.89. The van der Waals surface area contributed by atoms with Gasteiger partial charge in [-0.1, -0.05) is 11.6 Å². The molecular formula is C14H19NO5S. The number of hydrogen-bond donors (Lipinski definition) is 2. The number of carboxylic acids is 1. The first kappa shape index (κ1) is 15.8. The number of sulfonamides is 1. The molecule has 0 fully saturated rings. The Kier molecular flexibility index (Phi) is 4.53. The van der Waals surface area contributed by atoms with E-state index in [0.29, 0.717) is 6.42 Å². The summed E-state index contributed by atoms with van der Waals surface area (Å²) in [4.78, 5) is 11.0. The monoisotopic (exact) mass is 313 g/mol. The lowest BCUT2D eigenvalue weighted by Gasteiger charge is -2.07. The number of furan rings is 1. The minimum absolute atomic E-state index is 0.0949. The quantitative estimate of drug-likeness (QED) is 0.786. The molecule has 0 aromatic carbocycles. The Labute approximate surface area is 123 Å². The molecule has 2 rings (SSSR count). The van der Waals surface area contributed by atoms with Gasteiger partial charge in [0.1, 0.15) is 22.0 Å². The van der Waals surface area contributed by atoms with E-state index in [1.807, 2.05) is 0 Å². The third kappa shape index (κ3) is 3.36. The molecule has 0 aliphatic heterocycles. The summed E-state index contributed by atoms with van der Waals surface area (Å²) in [6.45, 7) is 3.16. The average Bonchev–Trinajstić information content (AvgIpc) is 2.96. The molecule has 0 unspecified atom stereocenters. The van der Waals surface area contributed by atoms with Crippen LogP contribution in [0.4, 0.5) is 0 Å². The maximum atomic E-state index is 12.3. The zero-order chi connectivity index (χ0) is 15.6. The molecule has 116 valence electrons. The fraction of sp³-hybridized carbons (Fsp3) is 0.500. The van der Waals surface area contributed by atoms with E-state index in [-0.39, 0.29) is 28.5 Å². The van der Waals surface area contributed by atoms with E-state index in [2.05, 4.69) is 10.8 Å². The molecule has 1 heterocycles. The van der Waals surface area contributed by atoms with Gasteiger partial charge in [-0.05, 0) is 39.5 Å². The van der Waals surface area contributed by atoms with Crippen LogP contribution in [0.3, 0.4) is 0 Å². The van der Waals surface area contributed by atoms with Crippen molar-refractivity contribution in [2.24, 2.45) is 0 Å². The molecule has 6 nitrogen and oxygen atoms in total. The predicted octanol–water partition coefficient (Wildman–Crippen LogP) is 2.37. The highest BCUT2D eigenvalue weighted by Crippen LogP contribution is 2.26. The molecule has 0 amide bonds. The van der Waals surface area contributed by atoms with Gasteiger partial charge in [0.2, 0.25) is 10.0 Å². The van der Waals surface area contributed by atoms with Crippen molar-refractivity contribution < 1.29 is 22.7 Å². The number of hydrogen-bond acceptors (Lipinski definition) is 4. The zero-order valence-electron chi connectivity index (χ0n) is 12.1. The Hall–Kier alpha value is -1.60. The van der Waals surface area contributed by atoms with E-state index >= 15 is 0 Å². The van der Waals surface area contributed by atoms with Gasteiger partial charge in [0.05, 0.1) is 0 Å². The highest BCUT2D eigenvalue weighted by atomic mass is 32.2. The van der Waals surface area contributed by atoms with Crippen LogP contribution in [0.25, 0.3) is 0 Å². The Morgan fingerprint density at radius 1 is 1.38 bits per heavy atom. The predicted molar refractivity (Wildman–Crippen MR) is 76.9 cm³/mol. The largest absolute Gasteiger partial charge is 0.478 e. The van der Waals surface area contributed by atoms with Crippen LogP contribution in [0.5, 0.6) is 0 Å². The van der Waals surface area contributed by atoms with E-state index in [0.717, 1.165) is 19.3 Å². The molecule has 1 aromatic rings. The minimum atomic E-state index is -3.89. The van der Waals surface area contributed by atoms with E-state index in [4.69, 9.17) is 9.52 Å². The van der Waals surface area contributed by atoms with E-state index < -0.39 is 16.0 Å². The van der Waals surface area contributed by atoms with Gasteiger partial charge in [0.25, 0.3) is 0 Å². The zero-order valence-corrected chi connectivity index (χ0v) is 12.9. The molecule has 7 heteroatoms. The van der Waals surface area contributed by atoms with Crippen molar-refractivity contribution in [3.05, 3.63) is 28.7 Å². The Morgan fingerprint density at radius 2 is 2.10 bits per heavy atom. The first-order chi connectivity index (χ1) is 9.83. The normalized spacial score (nSPS) is 15.2. The number of aryl methyl sites for hydroxylation is 2. The lowest BCUT2D eigenvalue weighted by Crippen LogP contribution is -2.26. The summed E-state index contributed by atoms with van der Waals surface area (Å²) in [5, 5.41) is 9.16. The number of carbonyl (C=O) groups is 1. The Balaban J connectivity index is 2.17. The lowest BCUT2D eigenvalue weighted by atomic mass is 10.2. The molecule has 21 heavy (non-hydrogen) atoms. The SMILES string of the molecule is Cc1oc(C)c(S(=O)(=O)NCCC2=CCCC2)c1C(=O)O. The average molecular weight is 313 g/mol. The van der Waals surface area contributed by atoms with E-state index in [9.17, 15) is 13.2 Å². The smallest absolute Gasteiger partial charge is 0.340 e. The standard InChI is InChI=1S/C14H19NO5S/c1-9-12(14(16)17)13(10(2)20-9)21(18,19)15-8-7-11-5-3-4-6-11/h5,15H,3-4,6-8H2,1-2H3,(H,16,17). The van der Waals surface area contributed by atoms with Gasteiger partial charge in [-0.3, -0.25) is 0 Å². The number of aromatic carboxylic acids is 1. The van der Waals surface area contributed by atoms with Crippen molar-refractivity contribution in [2.75, 3.05) is 6.54 Å². The Bertz CT molecular complexity index is 684. The van der Waals surface area contributed by atoms with Gasteiger partial charge in [-0.15, -0.1) is 0 Å². The fourth-order valence-electron chi connectivity index (χ4n) is 2.62. The van der Waals surface area contributed by atoms with Gasteiger partial charge >= 0.3 is 5.97 Å². The third-order valence-electron chi connectivity index (χ3n) is 3.56. The van der Waals surface area contributed by atoms with Crippen LogP contribution in [0.2, 0.25) is 0 Å². The Morgan fingerprint density at radius 3 is 2.67 bits per heavy atom. The molecule has 0 spiro atoms. The van der Waals surface area contributed by atoms with Crippen LogP contribution < -0.4 is 4.72 Å².